The maximum Gasteiger partial charge on any atom is 0.0396 e. The summed E-state index contributed by atoms with van der Waals surface area (Å²) in [6, 6.07) is 1.39. The molecule has 11 heavy (non-hydrogen) atoms. The maximum absolute atomic E-state index is 5.96. The topological polar surface area (TPSA) is 55.3 Å². The van der Waals surface area contributed by atoms with Gasteiger partial charge in [-0.05, 0) is 19.3 Å². The van der Waals surface area contributed by atoms with E-state index in [0.717, 1.165) is 6.42 Å². The van der Waals surface area contributed by atoms with Crippen LogP contribution in [0.2, 0.25) is 0 Å². The minimum Gasteiger partial charge on any atom is -0.326 e. The lowest BCUT2D eigenvalue weighted by Gasteiger charge is -2.22. The van der Waals surface area contributed by atoms with Gasteiger partial charge in [0.1, 0.15) is 0 Å². The lowest BCUT2D eigenvalue weighted by molar-refractivity contribution is 0.195. The van der Waals surface area contributed by atoms with Gasteiger partial charge in [0.05, 0.1) is 0 Å². The minimum absolute atomic E-state index is 0.338. The van der Waals surface area contributed by atoms with Crippen molar-refractivity contribution < 1.29 is 0 Å². The van der Waals surface area contributed by atoms with Crippen molar-refractivity contribution in [2.75, 3.05) is 0 Å². The Morgan fingerprint density at radius 1 is 1.18 bits per heavy atom. The highest BCUT2D eigenvalue weighted by molar-refractivity contribution is 4.95. The normalized spacial score (nSPS) is 45.8. The number of fused-ring (bicyclic) bond motifs is 2. The van der Waals surface area contributed by atoms with Gasteiger partial charge in [-0.15, -0.1) is 0 Å². The molecule has 3 nitrogen and oxygen atoms in total. The van der Waals surface area contributed by atoms with Crippen LogP contribution in [0.3, 0.4) is 0 Å². The molecule has 2 fully saturated rings. The van der Waals surface area contributed by atoms with E-state index in [0.29, 0.717) is 18.1 Å². The van der Waals surface area contributed by atoms with Gasteiger partial charge in [0.25, 0.3) is 0 Å². The Hall–Kier alpha value is -0.120. The Morgan fingerprint density at radius 3 is 2.73 bits per heavy atom. The van der Waals surface area contributed by atoms with E-state index in [1.165, 1.54) is 25.7 Å². The SMILES string of the molecule is N[C@@H]1C[C@@H]2CCCC[C@H]1N2N. The zero-order chi connectivity index (χ0) is 7.84. The molecule has 2 bridgehead atoms. The van der Waals surface area contributed by atoms with Gasteiger partial charge in [0, 0.05) is 18.1 Å². The Morgan fingerprint density at radius 2 is 1.91 bits per heavy atom. The van der Waals surface area contributed by atoms with Crippen LogP contribution in [0.25, 0.3) is 0 Å². The molecule has 2 saturated heterocycles. The number of hydrogen-bond acceptors (Lipinski definition) is 3. The molecule has 0 aliphatic carbocycles. The number of rotatable bonds is 0. The Kier molecular flexibility index (Phi) is 1.87. The molecule has 0 spiro atoms. The van der Waals surface area contributed by atoms with Crippen LogP contribution >= 0.6 is 0 Å². The fourth-order valence-corrected chi connectivity index (χ4v) is 2.45. The summed E-state index contributed by atoms with van der Waals surface area (Å²) in [5.41, 5.74) is 5.96. The van der Waals surface area contributed by atoms with Gasteiger partial charge < -0.3 is 5.73 Å². The quantitative estimate of drug-likeness (QED) is 0.491. The van der Waals surface area contributed by atoms with Crippen LogP contribution in [-0.2, 0) is 0 Å². The number of nitrogens with two attached hydrogens (primary N) is 2. The van der Waals surface area contributed by atoms with E-state index >= 15 is 0 Å². The van der Waals surface area contributed by atoms with E-state index in [4.69, 9.17) is 11.6 Å². The van der Waals surface area contributed by atoms with Crippen molar-refractivity contribution in [1.82, 2.24) is 5.01 Å². The van der Waals surface area contributed by atoms with Crippen LogP contribution in [0.4, 0.5) is 0 Å². The summed E-state index contributed by atoms with van der Waals surface area (Å²) < 4.78 is 0. The molecule has 0 amide bonds. The third-order valence-electron chi connectivity index (χ3n) is 3.13. The fourth-order valence-electron chi connectivity index (χ4n) is 2.45. The predicted molar refractivity (Wildman–Crippen MR) is 44.7 cm³/mol. The van der Waals surface area contributed by atoms with Gasteiger partial charge in [-0.25, -0.2) is 5.01 Å². The lowest BCUT2D eigenvalue weighted by Crippen LogP contribution is -2.44. The molecule has 3 heteroatoms. The van der Waals surface area contributed by atoms with Crippen molar-refractivity contribution in [1.29, 1.82) is 0 Å². The van der Waals surface area contributed by atoms with Crippen LogP contribution < -0.4 is 11.6 Å². The van der Waals surface area contributed by atoms with Crippen LogP contribution in [-0.4, -0.2) is 23.1 Å². The van der Waals surface area contributed by atoms with Crippen molar-refractivity contribution in [3.63, 3.8) is 0 Å². The Bertz CT molecular complexity index is 148. The molecule has 2 aliphatic heterocycles. The average Bonchev–Trinajstić information content (AvgIpc) is 2.17. The van der Waals surface area contributed by atoms with Gasteiger partial charge in [0.2, 0.25) is 0 Å². The zero-order valence-corrected chi connectivity index (χ0v) is 6.87. The van der Waals surface area contributed by atoms with E-state index in [-0.39, 0.29) is 0 Å². The van der Waals surface area contributed by atoms with Crippen LogP contribution in [0.1, 0.15) is 32.1 Å². The molecule has 4 N–H and O–H groups in total. The van der Waals surface area contributed by atoms with Crippen molar-refractivity contribution >= 4 is 0 Å². The molecular weight excluding hydrogens is 138 g/mol. The molecule has 2 rings (SSSR count). The van der Waals surface area contributed by atoms with Gasteiger partial charge in [-0.1, -0.05) is 12.8 Å². The van der Waals surface area contributed by atoms with Crippen molar-refractivity contribution in [3.05, 3.63) is 0 Å². The van der Waals surface area contributed by atoms with E-state index in [2.05, 4.69) is 0 Å². The van der Waals surface area contributed by atoms with Gasteiger partial charge in [0.15, 0.2) is 0 Å². The molecule has 3 atom stereocenters. The van der Waals surface area contributed by atoms with Crippen molar-refractivity contribution in [3.8, 4) is 0 Å². The Labute approximate surface area is 67.7 Å². The van der Waals surface area contributed by atoms with E-state index in [9.17, 15) is 0 Å². The molecule has 64 valence electrons. The predicted octanol–water partition coefficient (Wildman–Crippen LogP) is 0.204. The van der Waals surface area contributed by atoms with Gasteiger partial charge in [-0.2, -0.15) is 0 Å². The summed E-state index contributed by atoms with van der Waals surface area (Å²) >= 11 is 0. The Balaban J connectivity index is 2.12. The molecule has 0 aromatic carbocycles. The fraction of sp³-hybridized carbons (Fsp3) is 1.00. The number of hydrazine groups is 1. The molecule has 0 unspecified atom stereocenters. The summed E-state index contributed by atoms with van der Waals surface area (Å²) in [7, 11) is 0. The first kappa shape index (κ1) is 7.53. The summed E-state index contributed by atoms with van der Waals surface area (Å²) in [5, 5.41) is 2.01. The third-order valence-corrected chi connectivity index (χ3v) is 3.13. The molecule has 0 aromatic heterocycles. The van der Waals surface area contributed by atoms with Crippen LogP contribution in [0.15, 0.2) is 0 Å². The van der Waals surface area contributed by atoms with Crippen LogP contribution in [0, 0.1) is 0 Å². The third kappa shape index (κ3) is 1.17. The highest BCUT2D eigenvalue weighted by Gasteiger charge is 2.38. The molecular formula is C8H17N3. The highest BCUT2D eigenvalue weighted by Crippen LogP contribution is 2.30. The maximum atomic E-state index is 5.96. The standard InChI is InChI=1S/C8H17N3/c9-7-5-6-3-1-2-4-8(7)11(6)10/h6-8H,1-5,9-10H2/t6-,7+,8+/m0/s1. The molecule has 0 aromatic rings. The number of nitrogens with zero attached hydrogens (tertiary/aromatic N) is 1. The first-order chi connectivity index (χ1) is 5.29. The second-order valence-electron chi connectivity index (χ2n) is 3.85. The second-order valence-corrected chi connectivity index (χ2v) is 3.85. The monoisotopic (exact) mass is 155 g/mol. The smallest absolute Gasteiger partial charge is 0.0396 e. The first-order valence-corrected chi connectivity index (χ1v) is 4.57. The molecule has 2 heterocycles. The lowest BCUT2D eigenvalue weighted by atomic mass is 9.97. The van der Waals surface area contributed by atoms with Crippen LogP contribution in [0.5, 0.6) is 0 Å². The summed E-state index contributed by atoms with van der Waals surface area (Å²) in [5.74, 6) is 5.93. The summed E-state index contributed by atoms with van der Waals surface area (Å²) in [4.78, 5) is 0. The molecule has 2 aliphatic rings. The largest absolute Gasteiger partial charge is 0.326 e. The van der Waals surface area contributed by atoms with Crippen molar-refractivity contribution in [2.45, 2.75) is 50.2 Å². The number of hydrogen-bond donors (Lipinski definition) is 2. The zero-order valence-electron chi connectivity index (χ0n) is 6.87. The average molecular weight is 155 g/mol. The minimum atomic E-state index is 0.338. The van der Waals surface area contributed by atoms with Crippen molar-refractivity contribution in [2.24, 2.45) is 11.6 Å². The summed E-state index contributed by atoms with van der Waals surface area (Å²) in [6.45, 7) is 0. The first-order valence-electron chi connectivity index (χ1n) is 4.57. The highest BCUT2D eigenvalue weighted by atomic mass is 15.5. The second kappa shape index (κ2) is 2.73. The van der Waals surface area contributed by atoms with E-state index < -0.39 is 0 Å². The van der Waals surface area contributed by atoms with Gasteiger partial charge in [-0.3, -0.25) is 5.84 Å². The van der Waals surface area contributed by atoms with E-state index in [1.807, 2.05) is 5.01 Å². The van der Waals surface area contributed by atoms with Gasteiger partial charge >= 0.3 is 0 Å². The molecule has 0 radical (unpaired) electrons. The molecule has 0 saturated carbocycles. The summed E-state index contributed by atoms with van der Waals surface area (Å²) in [6.07, 6.45) is 6.21. The van der Waals surface area contributed by atoms with E-state index in [1.54, 1.807) is 0 Å².